The molecule has 1 aromatic heterocycles. The van der Waals surface area contributed by atoms with E-state index in [0.29, 0.717) is 57.9 Å². The van der Waals surface area contributed by atoms with Crippen LogP contribution in [0.5, 0.6) is 0 Å². The highest BCUT2D eigenvalue weighted by molar-refractivity contribution is 7.92. The number of nitrogens with one attached hydrogen (secondary N) is 3. The number of tetrazole rings is 1. The fraction of sp³-hybridized carbons (Fsp3) is 0.588. The molecule has 2 aliphatic heterocycles. The molecule has 0 amide bonds. The van der Waals surface area contributed by atoms with E-state index in [-0.39, 0.29) is 24.0 Å². The summed E-state index contributed by atoms with van der Waals surface area (Å²) in [6, 6.07) is 2.43. The van der Waals surface area contributed by atoms with Crippen molar-refractivity contribution in [3.05, 3.63) is 12.1 Å². The SMILES string of the molecule is NS(=O)(=O)c1c(S(=O)(=O)NC2CCNC2)ccc(N2CCN(CCO)CC2)c1-c1nn[nH]n1. The smallest absolute Gasteiger partial charge is 0.242 e. The highest BCUT2D eigenvalue weighted by Gasteiger charge is 2.35. The number of anilines is 1. The van der Waals surface area contributed by atoms with E-state index >= 15 is 0 Å². The number of aromatic amines is 1. The van der Waals surface area contributed by atoms with E-state index in [2.05, 4.69) is 35.6 Å². The Morgan fingerprint density at radius 3 is 2.52 bits per heavy atom. The highest BCUT2D eigenvalue weighted by Crippen LogP contribution is 2.38. The molecule has 0 saturated carbocycles. The van der Waals surface area contributed by atoms with E-state index in [4.69, 9.17) is 5.14 Å². The Morgan fingerprint density at radius 1 is 1.18 bits per heavy atom. The van der Waals surface area contributed by atoms with E-state index < -0.39 is 29.8 Å². The number of aromatic nitrogens is 4. The van der Waals surface area contributed by atoms with Gasteiger partial charge in [0.2, 0.25) is 25.9 Å². The molecule has 14 nitrogen and oxygen atoms in total. The number of aliphatic hydroxyl groups excluding tert-OH is 1. The number of piperazine rings is 1. The Kier molecular flexibility index (Phi) is 6.94. The van der Waals surface area contributed by atoms with Crippen LogP contribution in [0.4, 0.5) is 5.69 Å². The van der Waals surface area contributed by atoms with E-state index in [9.17, 15) is 21.9 Å². The van der Waals surface area contributed by atoms with Crippen LogP contribution in [0.2, 0.25) is 0 Å². The lowest BCUT2D eigenvalue weighted by Crippen LogP contribution is -2.47. The van der Waals surface area contributed by atoms with Crippen molar-refractivity contribution >= 4 is 25.7 Å². The van der Waals surface area contributed by atoms with Gasteiger partial charge in [0.15, 0.2) is 0 Å². The molecule has 182 valence electrons. The van der Waals surface area contributed by atoms with Gasteiger partial charge >= 0.3 is 0 Å². The predicted octanol–water partition coefficient (Wildman–Crippen LogP) is -2.73. The van der Waals surface area contributed by atoms with E-state index in [1.807, 2.05) is 4.90 Å². The standard InChI is InChI=1S/C17H27N9O5S2/c18-32(28,29)16-14(33(30,31)22-12-3-4-19-11-12)2-1-13(15(16)17-20-23-24-21-17)26-7-5-25(6-8-26)9-10-27/h1-2,12,19,22,27H,3-11H2,(H2,18,28,29)(H,20,21,23,24). The van der Waals surface area contributed by atoms with Gasteiger partial charge in [-0.25, -0.2) is 26.7 Å². The fourth-order valence-electron chi connectivity index (χ4n) is 4.19. The fourth-order valence-corrected chi connectivity index (χ4v) is 7.05. The maximum absolute atomic E-state index is 13.2. The number of hydrogen-bond donors (Lipinski definition) is 5. The van der Waals surface area contributed by atoms with Crippen molar-refractivity contribution in [2.75, 3.05) is 57.3 Å². The molecular formula is C17H27N9O5S2. The lowest BCUT2D eigenvalue weighted by molar-refractivity contribution is 0.189. The van der Waals surface area contributed by atoms with Crippen molar-refractivity contribution < 1.29 is 21.9 Å². The topological polar surface area (TPSA) is 200 Å². The van der Waals surface area contributed by atoms with Gasteiger partial charge < -0.3 is 15.3 Å². The second-order valence-corrected chi connectivity index (χ2v) is 11.1. The van der Waals surface area contributed by atoms with Gasteiger partial charge in [-0.05, 0) is 30.3 Å². The van der Waals surface area contributed by atoms with Crippen molar-refractivity contribution in [3.8, 4) is 11.4 Å². The van der Waals surface area contributed by atoms with Crippen molar-refractivity contribution in [1.82, 2.24) is 35.6 Å². The van der Waals surface area contributed by atoms with Crippen LogP contribution in [0, 0.1) is 0 Å². The zero-order valence-electron chi connectivity index (χ0n) is 17.8. The van der Waals surface area contributed by atoms with Gasteiger partial charge in [0.1, 0.15) is 9.79 Å². The molecule has 4 rings (SSSR count). The average Bonchev–Trinajstić information content (AvgIpc) is 3.47. The van der Waals surface area contributed by atoms with E-state index in [1.54, 1.807) is 6.07 Å². The molecule has 33 heavy (non-hydrogen) atoms. The van der Waals surface area contributed by atoms with E-state index in [1.165, 1.54) is 6.07 Å². The third-order valence-electron chi connectivity index (χ3n) is 5.75. The second kappa shape index (κ2) is 9.57. The van der Waals surface area contributed by atoms with Crippen LogP contribution in [0.1, 0.15) is 6.42 Å². The molecule has 2 fully saturated rings. The number of nitrogens with zero attached hydrogens (tertiary/aromatic N) is 5. The normalized spacial score (nSPS) is 20.4. The number of rotatable bonds is 8. The van der Waals surface area contributed by atoms with Crippen LogP contribution >= 0.6 is 0 Å². The van der Waals surface area contributed by atoms with Crippen LogP contribution in [0.25, 0.3) is 11.4 Å². The first-order valence-electron chi connectivity index (χ1n) is 10.5. The molecule has 16 heteroatoms. The van der Waals surface area contributed by atoms with Gasteiger partial charge in [-0.2, -0.15) is 5.21 Å². The van der Waals surface area contributed by atoms with Gasteiger partial charge in [-0.1, -0.05) is 0 Å². The zero-order valence-corrected chi connectivity index (χ0v) is 19.4. The van der Waals surface area contributed by atoms with Crippen molar-refractivity contribution in [3.63, 3.8) is 0 Å². The maximum Gasteiger partial charge on any atom is 0.242 e. The van der Waals surface area contributed by atoms with Gasteiger partial charge in [0, 0.05) is 51.0 Å². The van der Waals surface area contributed by atoms with Crippen LogP contribution in [-0.2, 0) is 20.0 Å². The summed E-state index contributed by atoms with van der Waals surface area (Å²) in [4.78, 5) is 2.96. The van der Waals surface area contributed by atoms with Gasteiger partial charge in [0.25, 0.3) is 0 Å². The first-order chi connectivity index (χ1) is 15.7. The van der Waals surface area contributed by atoms with Crippen molar-refractivity contribution in [2.24, 2.45) is 5.14 Å². The molecule has 0 radical (unpaired) electrons. The summed E-state index contributed by atoms with van der Waals surface area (Å²) in [7, 11) is -8.74. The van der Waals surface area contributed by atoms with Crippen molar-refractivity contribution in [2.45, 2.75) is 22.3 Å². The zero-order chi connectivity index (χ0) is 23.6. The first-order valence-corrected chi connectivity index (χ1v) is 13.5. The summed E-state index contributed by atoms with van der Waals surface area (Å²) < 4.78 is 54.5. The number of primary sulfonamides is 1. The summed E-state index contributed by atoms with van der Waals surface area (Å²) in [5.74, 6) is -0.0774. The van der Waals surface area contributed by atoms with E-state index in [0.717, 1.165) is 0 Å². The molecule has 2 aromatic rings. The lowest BCUT2D eigenvalue weighted by Gasteiger charge is -2.36. The van der Waals surface area contributed by atoms with Gasteiger partial charge in [-0.15, -0.1) is 10.2 Å². The monoisotopic (exact) mass is 501 g/mol. The first kappa shape index (κ1) is 23.9. The number of sulfonamides is 2. The average molecular weight is 502 g/mol. The lowest BCUT2D eigenvalue weighted by atomic mass is 10.1. The Balaban J connectivity index is 1.83. The predicted molar refractivity (Wildman–Crippen MR) is 118 cm³/mol. The number of benzene rings is 1. The van der Waals surface area contributed by atoms with Crippen LogP contribution < -0.4 is 20.1 Å². The molecule has 6 N–H and O–H groups in total. The summed E-state index contributed by atoms with van der Waals surface area (Å²) in [6.07, 6.45) is 0.581. The minimum Gasteiger partial charge on any atom is -0.395 e. The van der Waals surface area contributed by atoms with Gasteiger partial charge in [-0.3, -0.25) is 4.90 Å². The number of H-pyrrole nitrogens is 1. The summed E-state index contributed by atoms with van der Waals surface area (Å²) in [5, 5.41) is 31.4. The van der Waals surface area contributed by atoms with Crippen LogP contribution in [0.3, 0.4) is 0 Å². The van der Waals surface area contributed by atoms with Gasteiger partial charge in [0.05, 0.1) is 12.2 Å². The molecule has 2 aliphatic rings. The van der Waals surface area contributed by atoms with Crippen LogP contribution in [0.15, 0.2) is 21.9 Å². The molecule has 1 unspecified atom stereocenters. The molecule has 0 aliphatic carbocycles. The highest BCUT2D eigenvalue weighted by atomic mass is 32.2. The Morgan fingerprint density at radius 2 is 1.94 bits per heavy atom. The van der Waals surface area contributed by atoms with Crippen molar-refractivity contribution in [1.29, 1.82) is 0 Å². The molecule has 0 spiro atoms. The second-order valence-electron chi connectivity index (χ2n) is 7.93. The summed E-state index contributed by atoms with van der Waals surface area (Å²) in [6.45, 7) is 3.98. The summed E-state index contributed by atoms with van der Waals surface area (Å²) in [5.41, 5.74) is 0.417. The minimum absolute atomic E-state index is 0.0192. The molecule has 2 saturated heterocycles. The quantitative estimate of drug-likeness (QED) is 0.251. The largest absolute Gasteiger partial charge is 0.395 e. The van der Waals surface area contributed by atoms with Crippen LogP contribution in [-0.4, -0.2) is 106 Å². The number of β-amino-alcohol motifs (C(OH)–C–C–N with tert-alkyl or cyclic N) is 1. The molecule has 1 atom stereocenters. The maximum atomic E-state index is 13.2. The molecule has 1 aromatic carbocycles. The minimum atomic E-state index is -4.51. The molecular weight excluding hydrogens is 474 g/mol. The molecule has 0 bridgehead atoms. The number of aliphatic hydroxyl groups is 1. The Bertz CT molecular complexity index is 1170. The Hall–Kier alpha value is -2.21. The third-order valence-corrected chi connectivity index (χ3v) is 8.44. The summed E-state index contributed by atoms with van der Waals surface area (Å²) >= 11 is 0. The molecule has 3 heterocycles. The third kappa shape index (κ3) is 5.16. The number of nitrogens with two attached hydrogens (primary N) is 1. The number of hydrogen-bond acceptors (Lipinski definition) is 11. The Labute approximate surface area is 191 Å².